The van der Waals surface area contributed by atoms with Gasteiger partial charge in [-0.2, -0.15) is 0 Å². The number of carbonyl (C=O) groups excluding carboxylic acids is 1. The number of carbonyl (C=O) groups is 1. The summed E-state index contributed by atoms with van der Waals surface area (Å²) in [4.78, 5) is 14.3. The molecule has 0 aliphatic carbocycles. The standard InChI is InChI=1S/C16H20Cl2N2O2/c17-13-2-1-11(7-14(13)18)8-15(21)20-6-4-16(22)3-5-19-9-12(16)10-20/h1-2,7,12,19,22H,3-6,8-10H2/t12-,16-/m0/s1. The monoisotopic (exact) mass is 342 g/mol. The Bertz CT molecular complexity index is 581. The van der Waals surface area contributed by atoms with Gasteiger partial charge in [0.05, 0.1) is 22.1 Å². The summed E-state index contributed by atoms with van der Waals surface area (Å²) in [5.74, 6) is 0.193. The Labute approximate surface area is 140 Å². The van der Waals surface area contributed by atoms with Gasteiger partial charge in [-0.1, -0.05) is 29.3 Å². The van der Waals surface area contributed by atoms with E-state index in [4.69, 9.17) is 23.2 Å². The molecular weight excluding hydrogens is 323 g/mol. The zero-order chi connectivity index (χ0) is 15.7. The molecule has 22 heavy (non-hydrogen) atoms. The van der Waals surface area contributed by atoms with E-state index in [0.717, 1.165) is 25.1 Å². The predicted molar refractivity (Wildman–Crippen MR) is 87.3 cm³/mol. The highest BCUT2D eigenvalue weighted by molar-refractivity contribution is 6.42. The van der Waals surface area contributed by atoms with Crippen LogP contribution in [0.15, 0.2) is 18.2 Å². The normalized spacial score (nSPS) is 28.3. The Morgan fingerprint density at radius 1 is 1.36 bits per heavy atom. The van der Waals surface area contributed by atoms with Gasteiger partial charge in [0.15, 0.2) is 0 Å². The third-order valence-corrected chi connectivity index (χ3v) is 5.57. The molecule has 0 aromatic heterocycles. The number of nitrogens with zero attached hydrogens (tertiary/aromatic N) is 1. The molecule has 120 valence electrons. The molecule has 2 aliphatic heterocycles. The Hall–Kier alpha value is -0.810. The molecule has 2 fully saturated rings. The number of hydrogen-bond acceptors (Lipinski definition) is 3. The molecule has 0 bridgehead atoms. The number of likely N-dealkylation sites (tertiary alicyclic amines) is 1. The maximum absolute atomic E-state index is 12.5. The summed E-state index contributed by atoms with van der Waals surface area (Å²) >= 11 is 11.9. The zero-order valence-corrected chi connectivity index (χ0v) is 13.8. The van der Waals surface area contributed by atoms with Gasteiger partial charge >= 0.3 is 0 Å². The first kappa shape index (κ1) is 16.1. The molecule has 2 saturated heterocycles. The van der Waals surface area contributed by atoms with E-state index in [-0.39, 0.29) is 11.8 Å². The summed E-state index contributed by atoms with van der Waals surface area (Å²) in [7, 11) is 0. The van der Waals surface area contributed by atoms with Crippen LogP contribution in [0.25, 0.3) is 0 Å². The molecule has 0 unspecified atom stereocenters. The molecule has 0 spiro atoms. The summed E-state index contributed by atoms with van der Waals surface area (Å²) in [6, 6.07) is 5.28. The van der Waals surface area contributed by atoms with Gasteiger partial charge in [0, 0.05) is 25.6 Å². The fourth-order valence-corrected chi connectivity index (χ4v) is 3.71. The summed E-state index contributed by atoms with van der Waals surface area (Å²) < 4.78 is 0. The number of rotatable bonds is 2. The Morgan fingerprint density at radius 3 is 2.95 bits per heavy atom. The minimum absolute atomic E-state index is 0.0750. The number of nitrogens with one attached hydrogen (secondary N) is 1. The van der Waals surface area contributed by atoms with E-state index < -0.39 is 5.60 Å². The first-order chi connectivity index (χ1) is 10.5. The lowest BCUT2D eigenvalue weighted by atomic mass is 9.76. The van der Waals surface area contributed by atoms with Crippen molar-refractivity contribution in [3.63, 3.8) is 0 Å². The predicted octanol–water partition coefficient (Wildman–Crippen LogP) is 2.11. The van der Waals surface area contributed by atoms with Gasteiger partial charge in [0.25, 0.3) is 0 Å². The average molecular weight is 343 g/mol. The second-order valence-corrected chi connectivity index (χ2v) is 7.08. The van der Waals surface area contributed by atoms with Crippen molar-refractivity contribution in [2.45, 2.75) is 24.9 Å². The van der Waals surface area contributed by atoms with E-state index in [0.29, 0.717) is 36.0 Å². The van der Waals surface area contributed by atoms with Crippen molar-refractivity contribution in [3.8, 4) is 0 Å². The molecule has 0 saturated carbocycles. The molecule has 4 nitrogen and oxygen atoms in total. The quantitative estimate of drug-likeness (QED) is 0.865. The van der Waals surface area contributed by atoms with Gasteiger partial charge in [0.1, 0.15) is 0 Å². The minimum Gasteiger partial charge on any atom is -0.389 e. The van der Waals surface area contributed by atoms with Gasteiger partial charge in [-0.05, 0) is 37.1 Å². The lowest BCUT2D eigenvalue weighted by molar-refractivity contribution is -0.141. The van der Waals surface area contributed by atoms with E-state index in [1.807, 2.05) is 11.0 Å². The van der Waals surface area contributed by atoms with Crippen LogP contribution < -0.4 is 5.32 Å². The van der Waals surface area contributed by atoms with Gasteiger partial charge in [-0.25, -0.2) is 0 Å². The maximum Gasteiger partial charge on any atom is 0.227 e. The van der Waals surface area contributed by atoms with Crippen LogP contribution in [0.5, 0.6) is 0 Å². The van der Waals surface area contributed by atoms with E-state index in [2.05, 4.69) is 5.32 Å². The molecule has 1 aromatic carbocycles. The van der Waals surface area contributed by atoms with E-state index in [1.165, 1.54) is 0 Å². The molecule has 6 heteroatoms. The van der Waals surface area contributed by atoms with E-state index >= 15 is 0 Å². The average Bonchev–Trinajstić information content (AvgIpc) is 2.50. The highest BCUT2D eigenvalue weighted by Crippen LogP contribution is 2.33. The maximum atomic E-state index is 12.5. The molecule has 1 aromatic rings. The number of hydrogen-bond donors (Lipinski definition) is 2. The third kappa shape index (κ3) is 3.25. The number of benzene rings is 1. The van der Waals surface area contributed by atoms with Crippen LogP contribution in [-0.4, -0.2) is 47.7 Å². The van der Waals surface area contributed by atoms with Crippen LogP contribution >= 0.6 is 23.2 Å². The van der Waals surface area contributed by atoms with Crippen molar-refractivity contribution in [2.75, 3.05) is 26.2 Å². The van der Waals surface area contributed by atoms with Gasteiger partial charge in [-0.15, -0.1) is 0 Å². The fourth-order valence-electron chi connectivity index (χ4n) is 3.39. The van der Waals surface area contributed by atoms with Crippen LogP contribution in [0.4, 0.5) is 0 Å². The number of amides is 1. The Kier molecular flexibility index (Phi) is 4.64. The zero-order valence-electron chi connectivity index (χ0n) is 12.3. The summed E-state index contributed by atoms with van der Waals surface area (Å²) in [6.45, 7) is 2.86. The van der Waals surface area contributed by atoms with Crippen molar-refractivity contribution >= 4 is 29.1 Å². The minimum atomic E-state index is -0.606. The second-order valence-electron chi connectivity index (χ2n) is 6.27. The van der Waals surface area contributed by atoms with Crippen molar-refractivity contribution in [2.24, 2.45) is 5.92 Å². The number of halogens is 2. The lowest BCUT2D eigenvalue weighted by Gasteiger charge is -2.47. The molecule has 3 rings (SSSR count). The molecule has 2 heterocycles. The van der Waals surface area contributed by atoms with Gasteiger partial charge in [0.2, 0.25) is 5.91 Å². The summed E-state index contributed by atoms with van der Waals surface area (Å²) in [6.07, 6.45) is 1.74. The SMILES string of the molecule is O=C(Cc1ccc(Cl)c(Cl)c1)N1CC[C@@]2(O)CCNC[C@H]2C1. The van der Waals surface area contributed by atoms with Crippen molar-refractivity contribution in [3.05, 3.63) is 33.8 Å². The largest absolute Gasteiger partial charge is 0.389 e. The third-order valence-electron chi connectivity index (χ3n) is 4.83. The number of aliphatic hydroxyl groups is 1. The molecule has 0 radical (unpaired) electrons. The van der Waals surface area contributed by atoms with Crippen LogP contribution in [0.3, 0.4) is 0 Å². The van der Waals surface area contributed by atoms with Crippen LogP contribution in [0.1, 0.15) is 18.4 Å². The topological polar surface area (TPSA) is 52.6 Å². The molecule has 1 amide bonds. The Morgan fingerprint density at radius 2 is 2.18 bits per heavy atom. The van der Waals surface area contributed by atoms with Gasteiger partial charge < -0.3 is 15.3 Å². The second kappa shape index (κ2) is 6.36. The van der Waals surface area contributed by atoms with E-state index in [1.54, 1.807) is 12.1 Å². The molecule has 2 aliphatic rings. The Balaban J connectivity index is 1.64. The smallest absolute Gasteiger partial charge is 0.227 e. The van der Waals surface area contributed by atoms with Crippen molar-refractivity contribution in [1.82, 2.24) is 10.2 Å². The first-order valence-electron chi connectivity index (χ1n) is 7.63. The number of piperidine rings is 2. The van der Waals surface area contributed by atoms with Crippen LogP contribution in [0.2, 0.25) is 10.0 Å². The van der Waals surface area contributed by atoms with Crippen LogP contribution in [-0.2, 0) is 11.2 Å². The molecular formula is C16H20Cl2N2O2. The van der Waals surface area contributed by atoms with Crippen molar-refractivity contribution < 1.29 is 9.90 Å². The van der Waals surface area contributed by atoms with Gasteiger partial charge in [-0.3, -0.25) is 4.79 Å². The van der Waals surface area contributed by atoms with Crippen LogP contribution in [0, 0.1) is 5.92 Å². The van der Waals surface area contributed by atoms with Crippen molar-refractivity contribution in [1.29, 1.82) is 0 Å². The van der Waals surface area contributed by atoms with E-state index in [9.17, 15) is 9.90 Å². The fraction of sp³-hybridized carbons (Fsp3) is 0.562. The first-order valence-corrected chi connectivity index (χ1v) is 8.38. The highest BCUT2D eigenvalue weighted by atomic mass is 35.5. The number of fused-ring (bicyclic) bond motifs is 1. The summed E-state index contributed by atoms with van der Waals surface area (Å²) in [5, 5.41) is 14.9. The molecule has 2 N–H and O–H groups in total. The molecule has 2 atom stereocenters. The lowest BCUT2D eigenvalue weighted by Crippen LogP contribution is -2.60. The highest BCUT2D eigenvalue weighted by Gasteiger charge is 2.43. The summed E-state index contributed by atoms with van der Waals surface area (Å²) in [5.41, 5.74) is 0.257.